The molecular formula is C14H13N5O3S. The van der Waals surface area contributed by atoms with E-state index in [9.17, 15) is 9.59 Å². The average molecular weight is 331 g/mol. The number of amides is 3. The number of aromatic nitrogens is 3. The molecule has 0 saturated carbocycles. The number of nitrogens with zero attached hydrogens (tertiary/aromatic N) is 2. The van der Waals surface area contributed by atoms with E-state index in [-0.39, 0.29) is 5.22 Å². The van der Waals surface area contributed by atoms with Gasteiger partial charge in [-0.15, -0.1) is 10.2 Å². The fraction of sp³-hybridized carbons (Fsp3) is 0.143. The van der Waals surface area contributed by atoms with Crippen LogP contribution in [-0.4, -0.2) is 32.4 Å². The zero-order valence-electron chi connectivity index (χ0n) is 12.1. The summed E-state index contributed by atoms with van der Waals surface area (Å²) in [6.07, 6.45) is 1.79. The smallest absolute Gasteiger partial charge is 0.318 e. The number of hydrogen-bond acceptors (Lipinski definition) is 6. The fourth-order valence-corrected chi connectivity index (χ4v) is 2.73. The summed E-state index contributed by atoms with van der Waals surface area (Å²) in [5, 5.41) is 10.5. The van der Waals surface area contributed by atoms with E-state index in [0.717, 1.165) is 28.2 Å². The number of para-hydroxylation sites is 1. The van der Waals surface area contributed by atoms with Crippen LogP contribution in [0.15, 0.2) is 40.1 Å². The molecule has 4 N–H and O–H groups in total. The van der Waals surface area contributed by atoms with Gasteiger partial charge in [0.25, 0.3) is 11.1 Å². The number of carbonyl (C=O) groups excluding carboxylic acids is 2. The van der Waals surface area contributed by atoms with Crippen LogP contribution in [-0.2, 0) is 4.79 Å². The van der Waals surface area contributed by atoms with Gasteiger partial charge in [0.1, 0.15) is 0 Å². The Morgan fingerprint density at radius 3 is 2.91 bits per heavy atom. The summed E-state index contributed by atoms with van der Waals surface area (Å²) in [6.45, 7) is 1.61. The van der Waals surface area contributed by atoms with Gasteiger partial charge in [-0.3, -0.25) is 10.1 Å². The number of aromatic amines is 1. The SMILES string of the molecule is C[C@H](Sc1nnc(-c2c[nH]c3ccccc23)o1)C(=O)NC(N)=O. The molecule has 2 heterocycles. The summed E-state index contributed by atoms with van der Waals surface area (Å²) in [4.78, 5) is 25.4. The molecule has 0 aliphatic rings. The van der Waals surface area contributed by atoms with Crippen molar-refractivity contribution in [2.24, 2.45) is 5.73 Å². The van der Waals surface area contributed by atoms with E-state index < -0.39 is 17.2 Å². The number of primary amides is 1. The molecule has 1 aromatic carbocycles. The number of carbonyl (C=O) groups is 2. The summed E-state index contributed by atoms with van der Waals surface area (Å²) >= 11 is 1.05. The highest BCUT2D eigenvalue weighted by atomic mass is 32.2. The third-order valence-corrected chi connectivity index (χ3v) is 4.05. The molecule has 0 unspecified atom stereocenters. The highest BCUT2D eigenvalue weighted by Gasteiger charge is 2.20. The van der Waals surface area contributed by atoms with Gasteiger partial charge in [-0.05, 0) is 13.0 Å². The third-order valence-electron chi connectivity index (χ3n) is 3.12. The zero-order chi connectivity index (χ0) is 16.4. The van der Waals surface area contributed by atoms with Crippen molar-refractivity contribution in [3.8, 4) is 11.5 Å². The van der Waals surface area contributed by atoms with Gasteiger partial charge < -0.3 is 15.1 Å². The molecular weight excluding hydrogens is 318 g/mol. The second-order valence-electron chi connectivity index (χ2n) is 4.73. The van der Waals surface area contributed by atoms with E-state index in [0.29, 0.717) is 5.89 Å². The first kappa shape index (κ1) is 15.1. The van der Waals surface area contributed by atoms with Gasteiger partial charge in [0.05, 0.1) is 10.8 Å². The Morgan fingerprint density at radius 2 is 2.13 bits per heavy atom. The Hall–Kier alpha value is -2.81. The number of benzene rings is 1. The van der Waals surface area contributed by atoms with Crippen LogP contribution in [0.3, 0.4) is 0 Å². The number of H-pyrrole nitrogens is 1. The van der Waals surface area contributed by atoms with E-state index >= 15 is 0 Å². The molecule has 0 aliphatic heterocycles. The van der Waals surface area contributed by atoms with Crippen molar-refractivity contribution in [3.05, 3.63) is 30.5 Å². The Morgan fingerprint density at radius 1 is 1.35 bits per heavy atom. The van der Waals surface area contributed by atoms with Crippen molar-refractivity contribution in [2.75, 3.05) is 0 Å². The maximum atomic E-state index is 11.6. The number of imide groups is 1. The lowest BCUT2D eigenvalue weighted by Crippen LogP contribution is -2.39. The lowest BCUT2D eigenvalue weighted by Gasteiger charge is -2.06. The molecule has 0 radical (unpaired) electrons. The van der Waals surface area contributed by atoms with Crippen LogP contribution in [0.2, 0.25) is 0 Å². The van der Waals surface area contributed by atoms with Crippen LogP contribution in [0.5, 0.6) is 0 Å². The van der Waals surface area contributed by atoms with Gasteiger partial charge >= 0.3 is 6.03 Å². The standard InChI is InChI=1S/C14H13N5O3S/c1-7(11(20)17-13(15)21)23-14-19-18-12(22-14)9-6-16-10-5-3-2-4-8(9)10/h2-7,16H,1H3,(H3,15,17,20,21)/t7-/m0/s1. The Labute approximate surface area is 134 Å². The molecule has 0 saturated heterocycles. The molecule has 23 heavy (non-hydrogen) atoms. The summed E-state index contributed by atoms with van der Waals surface area (Å²) in [6, 6.07) is 6.84. The summed E-state index contributed by atoms with van der Waals surface area (Å²) in [5.74, 6) is -0.165. The third kappa shape index (κ3) is 3.19. The largest absolute Gasteiger partial charge is 0.411 e. The minimum atomic E-state index is -0.896. The number of fused-ring (bicyclic) bond motifs is 1. The minimum Gasteiger partial charge on any atom is -0.411 e. The van der Waals surface area contributed by atoms with Crippen molar-refractivity contribution >= 4 is 34.6 Å². The first-order valence-electron chi connectivity index (χ1n) is 6.71. The normalized spacial score (nSPS) is 12.2. The summed E-state index contributed by atoms with van der Waals surface area (Å²) in [5.41, 5.74) is 6.66. The van der Waals surface area contributed by atoms with E-state index in [2.05, 4.69) is 15.2 Å². The Balaban J connectivity index is 1.78. The zero-order valence-corrected chi connectivity index (χ0v) is 12.9. The quantitative estimate of drug-likeness (QED) is 0.627. The van der Waals surface area contributed by atoms with Crippen LogP contribution < -0.4 is 11.1 Å². The van der Waals surface area contributed by atoms with E-state index in [1.807, 2.05) is 29.6 Å². The average Bonchev–Trinajstić information content (AvgIpc) is 3.12. The van der Waals surface area contributed by atoms with Gasteiger partial charge in [-0.2, -0.15) is 0 Å². The van der Waals surface area contributed by atoms with Gasteiger partial charge in [0.2, 0.25) is 5.91 Å². The number of hydrogen-bond donors (Lipinski definition) is 3. The van der Waals surface area contributed by atoms with Crippen molar-refractivity contribution in [1.29, 1.82) is 0 Å². The number of thioether (sulfide) groups is 1. The molecule has 0 fully saturated rings. The van der Waals surface area contributed by atoms with Crippen LogP contribution in [0.25, 0.3) is 22.4 Å². The molecule has 0 spiro atoms. The molecule has 3 amide bonds. The van der Waals surface area contributed by atoms with E-state index in [4.69, 9.17) is 10.2 Å². The second kappa shape index (κ2) is 6.13. The van der Waals surface area contributed by atoms with Crippen LogP contribution in [0.4, 0.5) is 4.79 Å². The molecule has 2 aromatic heterocycles. The maximum Gasteiger partial charge on any atom is 0.318 e. The van der Waals surface area contributed by atoms with Crippen molar-refractivity contribution in [3.63, 3.8) is 0 Å². The second-order valence-corrected chi connectivity index (χ2v) is 6.03. The monoisotopic (exact) mass is 331 g/mol. The maximum absolute atomic E-state index is 11.6. The fourth-order valence-electron chi connectivity index (χ4n) is 2.04. The molecule has 8 nitrogen and oxygen atoms in total. The molecule has 9 heteroatoms. The number of nitrogens with one attached hydrogen (secondary N) is 2. The lowest BCUT2D eigenvalue weighted by atomic mass is 10.2. The van der Waals surface area contributed by atoms with Gasteiger partial charge in [-0.25, -0.2) is 4.79 Å². The highest BCUT2D eigenvalue weighted by molar-refractivity contribution is 8.00. The number of nitrogens with two attached hydrogens (primary N) is 1. The number of urea groups is 1. The minimum absolute atomic E-state index is 0.234. The lowest BCUT2D eigenvalue weighted by molar-refractivity contribution is -0.119. The first-order valence-corrected chi connectivity index (χ1v) is 7.59. The van der Waals surface area contributed by atoms with Crippen molar-refractivity contribution in [1.82, 2.24) is 20.5 Å². The van der Waals surface area contributed by atoms with Crippen LogP contribution in [0.1, 0.15) is 6.92 Å². The summed E-state index contributed by atoms with van der Waals surface area (Å²) in [7, 11) is 0. The topological polar surface area (TPSA) is 127 Å². The highest BCUT2D eigenvalue weighted by Crippen LogP contribution is 2.30. The van der Waals surface area contributed by atoms with E-state index in [1.54, 1.807) is 13.1 Å². The van der Waals surface area contributed by atoms with Gasteiger partial charge in [0.15, 0.2) is 0 Å². The van der Waals surface area contributed by atoms with E-state index in [1.165, 1.54) is 0 Å². The molecule has 118 valence electrons. The molecule has 0 aliphatic carbocycles. The van der Waals surface area contributed by atoms with Crippen LogP contribution in [0, 0.1) is 0 Å². The first-order chi connectivity index (χ1) is 11.0. The molecule has 3 rings (SSSR count). The van der Waals surface area contributed by atoms with Gasteiger partial charge in [-0.1, -0.05) is 30.0 Å². The molecule has 1 atom stereocenters. The molecule has 0 bridgehead atoms. The van der Waals surface area contributed by atoms with Crippen molar-refractivity contribution < 1.29 is 14.0 Å². The number of rotatable bonds is 4. The predicted molar refractivity (Wildman–Crippen MR) is 84.6 cm³/mol. The molecule has 3 aromatic rings. The Kier molecular flexibility index (Phi) is 4.02. The van der Waals surface area contributed by atoms with Crippen LogP contribution >= 0.6 is 11.8 Å². The van der Waals surface area contributed by atoms with Gasteiger partial charge in [0, 0.05) is 17.1 Å². The Bertz CT molecular complexity index is 872. The predicted octanol–water partition coefficient (Wildman–Crippen LogP) is 1.89. The summed E-state index contributed by atoms with van der Waals surface area (Å²) < 4.78 is 5.59. The van der Waals surface area contributed by atoms with Crippen molar-refractivity contribution in [2.45, 2.75) is 17.4 Å².